The minimum Gasteiger partial charge on any atom is -0.396 e. The van der Waals surface area contributed by atoms with Gasteiger partial charge in [0.05, 0.1) is 5.69 Å². The van der Waals surface area contributed by atoms with Gasteiger partial charge >= 0.3 is 6.03 Å². The van der Waals surface area contributed by atoms with E-state index in [1.54, 1.807) is 18.3 Å². The van der Waals surface area contributed by atoms with Crippen molar-refractivity contribution in [3.8, 4) is 0 Å². The predicted octanol–water partition coefficient (Wildman–Crippen LogP) is 2.07. The molecule has 0 unspecified atom stereocenters. The highest BCUT2D eigenvalue weighted by molar-refractivity contribution is 5.91. The van der Waals surface area contributed by atoms with Crippen LogP contribution in [0.5, 0.6) is 0 Å². The molecule has 0 spiro atoms. The maximum absolute atomic E-state index is 12.0. The van der Waals surface area contributed by atoms with E-state index in [0.29, 0.717) is 11.5 Å². The molecular weight excluding hydrogens is 216 g/mol. The molecule has 0 saturated carbocycles. The molecule has 3 N–H and O–H groups in total. The van der Waals surface area contributed by atoms with Gasteiger partial charge in [-0.25, -0.2) is 9.78 Å². The van der Waals surface area contributed by atoms with Gasteiger partial charge in [0.15, 0.2) is 5.82 Å². The number of carbonyl (C=O) groups excluding carboxylic acids is 1. The molecule has 0 aliphatic carbocycles. The number of pyridine rings is 1. The Bertz CT molecular complexity index is 386. The fourth-order valence-corrected chi connectivity index (χ4v) is 1.98. The average molecular weight is 234 g/mol. The Morgan fingerprint density at radius 1 is 1.29 bits per heavy atom. The van der Waals surface area contributed by atoms with Crippen LogP contribution in [0.2, 0.25) is 0 Å². The van der Waals surface area contributed by atoms with Crippen LogP contribution in [0.3, 0.4) is 0 Å². The monoisotopic (exact) mass is 234 g/mol. The highest BCUT2D eigenvalue weighted by Crippen LogP contribution is 2.15. The third-order valence-electron chi connectivity index (χ3n) is 2.96. The lowest BCUT2D eigenvalue weighted by Crippen LogP contribution is -2.36. The van der Waals surface area contributed by atoms with E-state index < -0.39 is 0 Å². The molecule has 0 aromatic carbocycles. The Morgan fingerprint density at radius 3 is 2.65 bits per heavy atom. The van der Waals surface area contributed by atoms with Crippen molar-refractivity contribution in [2.24, 2.45) is 0 Å². The summed E-state index contributed by atoms with van der Waals surface area (Å²) in [4.78, 5) is 17.9. The quantitative estimate of drug-likeness (QED) is 0.781. The van der Waals surface area contributed by atoms with Gasteiger partial charge in [0, 0.05) is 19.3 Å². The van der Waals surface area contributed by atoms with Gasteiger partial charge in [-0.1, -0.05) is 12.8 Å². The van der Waals surface area contributed by atoms with Crippen molar-refractivity contribution in [1.29, 1.82) is 0 Å². The number of hydrogen-bond donors (Lipinski definition) is 2. The van der Waals surface area contributed by atoms with Gasteiger partial charge in [0.2, 0.25) is 0 Å². The fourth-order valence-electron chi connectivity index (χ4n) is 1.98. The van der Waals surface area contributed by atoms with Crippen LogP contribution in [-0.2, 0) is 0 Å². The lowest BCUT2D eigenvalue weighted by Gasteiger charge is -2.20. The Balaban J connectivity index is 1.98. The second-order valence-corrected chi connectivity index (χ2v) is 4.27. The van der Waals surface area contributed by atoms with Crippen molar-refractivity contribution < 1.29 is 4.79 Å². The van der Waals surface area contributed by atoms with Crippen LogP contribution in [0.4, 0.5) is 16.3 Å². The lowest BCUT2D eigenvalue weighted by atomic mass is 10.2. The second-order valence-electron chi connectivity index (χ2n) is 4.27. The molecule has 2 rings (SSSR count). The summed E-state index contributed by atoms with van der Waals surface area (Å²) in [5.74, 6) is 0.446. The van der Waals surface area contributed by atoms with E-state index in [9.17, 15) is 4.79 Å². The fraction of sp³-hybridized carbons (Fsp3) is 0.500. The number of anilines is 2. The van der Waals surface area contributed by atoms with E-state index in [4.69, 9.17) is 5.73 Å². The molecule has 1 aliphatic heterocycles. The van der Waals surface area contributed by atoms with Gasteiger partial charge in [0.25, 0.3) is 0 Å². The SMILES string of the molecule is Nc1cccnc1NC(=O)N1CCCCCC1. The summed E-state index contributed by atoms with van der Waals surface area (Å²) in [6.07, 6.45) is 6.18. The number of nitrogen functional groups attached to an aromatic ring is 1. The van der Waals surface area contributed by atoms with Crippen LogP contribution in [0.1, 0.15) is 25.7 Å². The number of hydrogen-bond acceptors (Lipinski definition) is 3. The highest BCUT2D eigenvalue weighted by Gasteiger charge is 2.16. The average Bonchev–Trinajstić information content (AvgIpc) is 2.61. The number of urea groups is 1. The van der Waals surface area contributed by atoms with Crippen LogP contribution in [0.25, 0.3) is 0 Å². The van der Waals surface area contributed by atoms with Crippen molar-refractivity contribution in [3.05, 3.63) is 18.3 Å². The molecular formula is C12H18N4O. The molecule has 0 radical (unpaired) electrons. The van der Waals surface area contributed by atoms with Crippen molar-refractivity contribution in [3.63, 3.8) is 0 Å². The first-order chi connectivity index (χ1) is 8.27. The van der Waals surface area contributed by atoms with Crippen LogP contribution in [0, 0.1) is 0 Å². The first-order valence-electron chi connectivity index (χ1n) is 6.04. The molecule has 2 heterocycles. The van der Waals surface area contributed by atoms with E-state index in [1.807, 2.05) is 4.90 Å². The maximum Gasteiger partial charge on any atom is 0.323 e. The van der Waals surface area contributed by atoms with E-state index in [-0.39, 0.29) is 6.03 Å². The van der Waals surface area contributed by atoms with E-state index in [0.717, 1.165) is 25.9 Å². The Morgan fingerprint density at radius 2 is 2.00 bits per heavy atom. The normalized spacial score (nSPS) is 16.4. The summed E-state index contributed by atoms with van der Waals surface area (Å²) in [6, 6.07) is 3.37. The molecule has 0 bridgehead atoms. The zero-order chi connectivity index (χ0) is 12.1. The molecule has 5 nitrogen and oxygen atoms in total. The highest BCUT2D eigenvalue weighted by atomic mass is 16.2. The zero-order valence-corrected chi connectivity index (χ0v) is 9.85. The lowest BCUT2D eigenvalue weighted by molar-refractivity contribution is 0.213. The van der Waals surface area contributed by atoms with Gasteiger partial charge in [-0.15, -0.1) is 0 Å². The number of carbonyl (C=O) groups is 1. The standard InChI is InChI=1S/C12H18N4O/c13-10-6-5-7-14-11(10)15-12(17)16-8-3-1-2-4-9-16/h5-7H,1-4,8-9,13H2,(H,14,15,17). The molecule has 17 heavy (non-hydrogen) atoms. The second kappa shape index (κ2) is 5.52. The van der Waals surface area contributed by atoms with E-state index in [1.165, 1.54) is 12.8 Å². The first-order valence-corrected chi connectivity index (χ1v) is 6.04. The van der Waals surface area contributed by atoms with E-state index >= 15 is 0 Å². The van der Waals surface area contributed by atoms with Crippen LogP contribution in [-0.4, -0.2) is 29.0 Å². The van der Waals surface area contributed by atoms with Crippen LogP contribution >= 0.6 is 0 Å². The molecule has 0 atom stereocenters. The van der Waals surface area contributed by atoms with Crippen LogP contribution in [0.15, 0.2) is 18.3 Å². The summed E-state index contributed by atoms with van der Waals surface area (Å²) in [5.41, 5.74) is 6.23. The minimum atomic E-state index is -0.0997. The van der Waals surface area contributed by atoms with Gasteiger partial charge in [-0.3, -0.25) is 5.32 Å². The smallest absolute Gasteiger partial charge is 0.323 e. The number of nitrogens with zero attached hydrogens (tertiary/aromatic N) is 2. The van der Waals surface area contributed by atoms with Gasteiger partial charge in [-0.2, -0.15) is 0 Å². The molecule has 5 heteroatoms. The molecule has 1 fully saturated rings. The van der Waals surface area contributed by atoms with Crippen molar-refractivity contribution >= 4 is 17.5 Å². The molecule has 1 saturated heterocycles. The summed E-state index contributed by atoms with van der Waals surface area (Å²) in [6.45, 7) is 1.64. The van der Waals surface area contributed by atoms with Gasteiger partial charge < -0.3 is 10.6 Å². The largest absolute Gasteiger partial charge is 0.396 e. The van der Waals surface area contributed by atoms with Crippen molar-refractivity contribution in [1.82, 2.24) is 9.88 Å². The molecule has 1 aromatic rings. The van der Waals surface area contributed by atoms with Gasteiger partial charge in [-0.05, 0) is 25.0 Å². The van der Waals surface area contributed by atoms with E-state index in [2.05, 4.69) is 10.3 Å². The van der Waals surface area contributed by atoms with Gasteiger partial charge in [0.1, 0.15) is 0 Å². The summed E-state index contributed by atoms with van der Waals surface area (Å²) < 4.78 is 0. The Hall–Kier alpha value is -1.78. The minimum absolute atomic E-state index is 0.0997. The summed E-state index contributed by atoms with van der Waals surface area (Å²) in [7, 11) is 0. The Labute approximate surface area is 101 Å². The molecule has 92 valence electrons. The molecule has 2 amide bonds. The number of nitrogens with one attached hydrogen (secondary N) is 1. The Kier molecular flexibility index (Phi) is 3.80. The summed E-state index contributed by atoms with van der Waals surface area (Å²) in [5, 5.41) is 2.76. The number of likely N-dealkylation sites (tertiary alicyclic amines) is 1. The molecule has 1 aliphatic rings. The number of rotatable bonds is 1. The summed E-state index contributed by atoms with van der Waals surface area (Å²) >= 11 is 0. The van der Waals surface area contributed by atoms with Crippen LogP contribution < -0.4 is 11.1 Å². The molecule has 1 aromatic heterocycles. The zero-order valence-electron chi connectivity index (χ0n) is 9.85. The maximum atomic E-state index is 12.0. The topological polar surface area (TPSA) is 71.2 Å². The number of aromatic nitrogens is 1. The van der Waals surface area contributed by atoms with Crippen molar-refractivity contribution in [2.45, 2.75) is 25.7 Å². The predicted molar refractivity (Wildman–Crippen MR) is 67.7 cm³/mol. The first kappa shape index (κ1) is 11.7. The third-order valence-corrected chi connectivity index (χ3v) is 2.96. The third kappa shape index (κ3) is 3.09. The van der Waals surface area contributed by atoms with Crippen molar-refractivity contribution in [2.75, 3.05) is 24.1 Å². The number of amides is 2. The number of nitrogens with two attached hydrogens (primary N) is 1.